The molecule has 0 unspecified atom stereocenters. The molecule has 0 aromatic rings. The molecule has 1 N–H and O–H groups in total. The van der Waals surface area contributed by atoms with Gasteiger partial charge in [0.2, 0.25) is 5.91 Å². The molecular weight excluding hydrogens is 226 g/mol. The second kappa shape index (κ2) is 4.65. The van der Waals surface area contributed by atoms with Gasteiger partial charge >= 0.3 is 5.97 Å². The number of aliphatic carboxylic acids is 1. The number of hydrogen-bond donors (Lipinski definition) is 1. The lowest BCUT2D eigenvalue weighted by Crippen LogP contribution is -2.36. The molecule has 1 saturated carbocycles. The van der Waals surface area contributed by atoms with Crippen LogP contribution in [0.15, 0.2) is 0 Å². The zero-order valence-electron chi connectivity index (χ0n) is 9.28. The topological polar surface area (TPSA) is 57.6 Å². The van der Waals surface area contributed by atoms with Gasteiger partial charge in [0, 0.05) is 13.1 Å². The predicted octanol–water partition coefficient (Wildman–Crippen LogP) is 1.21. The van der Waals surface area contributed by atoms with E-state index in [1.165, 1.54) is 31.0 Å². The van der Waals surface area contributed by atoms with Crippen LogP contribution in [0.1, 0.15) is 25.7 Å². The molecule has 1 aliphatic carbocycles. The van der Waals surface area contributed by atoms with Crippen molar-refractivity contribution in [2.75, 3.05) is 24.6 Å². The van der Waals surface area contributed by atoms with Crippen LogP contribution in [0, 0.1) is 5.41 Å². The first kappa shape index (κ1) is 11.8. The monoisotopic (exact) mass is 243 g/mol. The molecule has 90 valence electrons. The number of rotatable bonds is 4. The van der Waals surface area contributed by atoms with Crippen molar-refractivity contribution in [3.8, 4) is 0 Å². The average molecular weight is 243 g/mol. The first-order valence-corrected chi connectivity index (χ1v) is 6.84. The van der Waals surface area contributed by atoms with E-state index in [1.807, 2.05) is 4.90 Å². The van der Waals surface area contributed by atoms with Gasteiger partial charge in [-0.2, -0.15) is 0 Å². The molecule has 1 spiro atoms. The summed E-state index contributed by atoms with van der Waals surface area (Å²) in [5.74, 6) is -0.419. The number of nitrogens with zero attached hydrogens (tertiary/aromatic N) is 1. The number of carboxylic acids is 1. The number of hydrogen-bond acceptors (Lipinski definition) is 3. The lowest BCUT2D eigenvalue weighted by atomic mass is 9.68. The average Bonchev–Trinajstić information content (AvgIpc) is 2.61. The van der Waals surface area contributed by atoms with Crippen molar-refractivity contribution >= 4 is 23.6 Å². The summed E-state index contributed by atoms with van der Waals surface area (Å²) in [5, 5.41) is 8.48. The Balaban J connectivity index is 1.72. The second-order valence-electron chi connectivity index (χ2n) is 4.81. The Labute approximate surface area is 99.4 Å². The van der Waals surface area contributed by atoms with Crippen LogP contribution in [0.25, 0.3) is 0 Å². The van der Waals surface area contributed by atoms with Gasteiger partial charge in [0.05, 0.1) is 11.5 Å². The third kappa shape index (κ3) is 2.51. The van der Waals surface area contributed by atoms with E-state index in [4.69, 9.17) is 5.11 Å². The maximum absolute atomic E-state index is 11.8. The fourth-order valence-corrected chi connectivity index (χ4v) is 3.18. The van der Waals surface area contributed by atoms with Gasteiger partial charge in [-0.1, -0.05) is 6.42 Å². The van der Waals surface area contributed by atoms with Gasteiger partial charge in [-0.3, -0.25) is 9.59 Å². The molecule has 1 saturated heterocycles. The van der Waals surface area contributed by atoms with Crippen LogP contribution in [-0.2, 0) is 9.59 Å². The smallest absolute Gasteiger partial charge is 0.313 e. The van der Waals surface area contributed by atoms with Crippen molar-refractivity contribution in [1.82, 2.24) is 4.90 Å². The SMILES string of the molecule is O=C(O)CSCC(=O)N1CCC2(CCC2)C1. The summed E-state index contributed by atoms with van der Waals surface area (Å²) in [7, 11) is 0. The third-order valence-corrected chi connectivity index (χ3v) is 4.56. The summed E-state index contributed by atoms with van der Waals surface area (Å²) >= 11 is 1.19. The van der Waals surface area contributed by atoms with Gasteiger partial charge < -0.3 is 10.0 Å². The molecule has 4 nitrogen and oxygen atoms in total. The highest BCUT2D eigenvalue weighted by Gasteiger charge is 2.43. The molecule has 0 bridgehead atoms. The Morgan fingerprint density at radius 1 is 1.25 bits per heavy atom. The molecular formula is C11H17NO3S. The fourth-order valence-electron chi connectivity index (χ4n) is 2.55. The van der Waals surface area contributed by atoms with Crippen molar-refractivity contribution < 1.29 is 14.7 Å². The van der Waals surface area contributed by atoms with Gasteiger partial charge in [-0.05, 0) is 24.7 Å². The molecule has 2 fully saturated rings. The van der Waals surface area contributed by atoms with E-state index in [0.29, 0.717) is 11.2 Å². The lowest BCUT2D eigenvalue weighted by molar-refractivity contribution is -0.133. The van der Waals surface area contributed by atoms with Crippen LogP contribution in [0.2, 0.25) is 0 Å². The summed E-state index contributed by atoms with van der Waals surface area (Å²) in [6.07, 6.45) is 4.97. The highest BCUT2D eigenvalue weighted by atomic mass is 32.2. The summed E-state index contributed by atoms with van der Waals surface area (Å²) in [5.41, 5.74) is 0.438. The highest BCUT2D eigenvalue weighted by molar-refractivity contribution is 8.00. The number of carboxylic acid groups (broad SMARTS) is 1. The Morgan fingerprint density at radius 2 is 2.00 bits per heavy atom. The Kier molecular flexibility index (Phi) is 3.42. The standard InChI is InChI=1S/C11H17NO3S/c13-9(6-16-7-10(14)15)12-5-4-11(8-12)2-1-3-11/h1-8H2,(H,14,15). The van der Waals surface area contributed by atoms with E-state index < -0.39 is 5.97 Å². The van der Waals surface area contributed by atoms with Gasteiger partial charge in [0.1, 0.15) is 0 Å². The normalized spacial score (nSPS) is 22.1. The third-order valence-electron chi connectivity index (χ3n) is 3.66. The molecule has 5 heteroatoms. The van der Waals surface area contributed by atoms with Gasteiger partial charge in [-0.25, -0.2) is 0 Å². The first-order chi connectivity index (χ1) is 7.61. The van der Waals surface area contributed by atoms with E-state index >= 15 is 0 Å². The Hall–Kier alpha value is -0.710. The molecule has 16 heavy (non-hydrogen) atoms. The van der Waals surface area contributed by atoms with Crippen molar-refractivity contribution in [2.45, 2.75) is 25.7 Å². The zero-order valence-corrected chi connectivity index (χ0v) is 10.1. The van der Waals surface area contributed by atoms with E-state index in [9.17, 15) is 9.59 Å². The molecule has 1 amide bonds. The van der Waals surface area contributed by atoms with Crippen LogP contribution in [0.3, 0.4) is 0 Å². The van der Waals surface area contributed by atoms with Crippen LogP contribution in [0.4, 0.5) is 0 Å². The second-order valence-corrected chi connectivity index (χ2v) is 5.79. The summed E-state index contributed by atoms with van der Waals surface area (Å²) in [6.45, 7) is 1.77. The summed E-state index contributed by atoms with van der Waals surface area (Å²) in [6, 6.07) is 0. The van der Waals surface area contributed by atoms with E-state index in [1.54, 1.807) is 0 Å². The van der Waals surface area contributed by atoms with E-state index in [-0.39, 0.29) is 11.7 Å². The molecule has 1 heterocycles. The molecule has 2 aliphatic rings. The molecule has 1 aliphatic heterocycles. The van der Waals surface area contributed by atoms with Crippen molar-refractivity contribution in [2.24, 2.45) is 5.41 Å². The number of carbonyl (C=O) groups excluding carboxylic acids is 1. The van der Waals surface area contributed by atoms with Crippen molar-refractivity contribution in [1.29, 1.82) is 0 Å². The number of carbonyl (C=O) groups is 2. The lowest BCUT2D eigenvalue weighted by Gasteiger charge is -2.37. The first-order valence-electron chi connectivity index (χ1n) is 5.69. The predicted molar refractivity (Wildman–Crippen MR) is 62.4 cm³/mol. The van der Waals surface area contributed by atoms with E-state index in [2.05, 4.69) is 0 Å². The van der Waals surface area contributed by atoms with Gasteiger partial charge in [0.15, 0.2) is 0 Å². The number of likely N-dealkylation sites (tertiary alicyclic amines) is 1. The largest absolute Gasteiger partial charge is 0.481 e. The Bertz CT molecular complexity index is 302. The zero-order chi connectivity index (χ0) is 11.6. The van der Waals surface area contributed by atoms with E-state index in [0.717, 1.165) is 19.5 Å². The van der Waals surface area contributed by atoms with Crippen molar-refractivity contribution in [3.05, 3.63) is 0 Å². The minimum absolute atomic E-state index is 0.0186. The maximum atomic E-state index is 11.8. The molecule has 0 aromatic carbocycles. The Morgan fingerprint density at radius 3 is 2.50 bits per heavy atom. The van der Waals surface area contributed by atoms with Gasteiger partial charge in [0.25, 0.3) is 0 Å². The number of amides is 1. The summed E-state index contributed by atoms with van der Waals surface area (Å²) < 4.78 is 0. The summed E-state index contributed by atoms with van der Waals surface area (Å²) in [4.78, 5) is 24.0. The van der Waals surface area contributed by atoms with Crippen LogP contribution in [0.5, 0.6) is 0 Å². The quantitative estimate of drug-likeness (QED) is 0.806. The van der Waals surface area contributed by atoms with Crippen LogP contribution < -0.4 is 0 Å². The van der Waals surface area contributed by atoms with Crippen LogP contribution in [-0.4, -0.2) is 46.5 Å². The minimum atomic E-state index is -0.852. The van der Waals surface area contributed by atoms with Gasteiger partial charge in [-0.15, -0.1) is 11.8 Å². The fraction of sp³-hybridized carbons (Fsp3) is 0.818. The van der Waals surface area contributed by atoms with Crippen molar-refractivity contribution in [3.63, 3.8) is 0 Å². The minimum Gasteiger partial charge on any atom is -0.481 e. The maximum Gasteiger partial charge on any atom is 0.313 e. The number of thioether (sulfide) groups is 1. The molecule has 0 radical (unpaired) electrons. The highest BCUT2D eigenvalue weighted by Crippen LogP contribution is 2.47. The molecule has 0 atom stereocenters. The van der Waals surface area contributed by atoms with Crippen LogP contribution >= 0.6 is 11.8 Å². The molecule has 0 aromatic heterocycles. The molecule has 2 rings (SSSR count).